The zero-order valence-corrected chi connectivity index (χ0v) is 12.5. The molecule has 3 fully saturated rings. The first-order valence-electron chi connectivity index (χ1n) is 8.21. The van der Waals surface area contributed by atoms with Crippen molar-refractivity contribution >= 4 is 5.91 Å². The maximum Gasteiger partial charge on any atom is 0.244 e. The molecule has 1 aliphatic heterocycles. The lowest BCUT2D eigenvalue weighted by atomic mass is 9.97. The van der Waals surface area contributed by atoms with Crippen molar-refractivity contribution in [1.82, 2.24) is 10.2 Å². The van der Waals surface area contributed by atoms with Gasteiger partial charge in [0.2, 0.25) is 5.91 Å². The van der Waals surface area contributed by atoms with Crippen LogP contribution in [0.25, 0.3) is 0 Å². The highest BCUT2D eigenvalue weighted by Gasteiger charge is 2.53. The Kier molecular flexibility index (Phi) is 3.59. The number of hydrogen-bond donors (Lipinski definition) is 1. The van der Waals surface area contributed by atoms with Crippen molar-refractivity contribution in [2.24, 2.45) is 11.8 Å². The number of carbonyl (C=O) groups excluding carboxylic acids is 1. The first-order chi connectivity index (χ1) is 9.12. The molecule has 2 saturated carbocycles. The van der Waals surface area contributed by atoms with E-state index >= 15 is 0 Å². The van der Waals surface area contributed by atoms with Crippen molar-refractivity contribution in [3.63, 3.8) is 0 Å². The third-order valence-corrected chi connectivity index (χ3v) is 5.45. The van der Waals surface area contributed by atoms with Crippen molar-refractivity contribution < 1.29 is 4.79 Å². The molecule has 3 aliphatic rings. The van der Waals surface area contributed by atoms with Gasteiger partial charge in [0.25, 0.3) is 0 Å². The Labute approximate surface area is 117 Å². The second-order valence-corrected chi connectivity index (χ2v) is 7.23. The Morgan fingerprint density at radius 3 is 2.42 bits per heavy atom. The molecule has 1 heterocycles. The smallest absolute Gasteiger partial charge is 0.244 e. The van der Waals surface area contributed by atoms with Gasteiger partial charge in [-0.3, -0.25) is 10.1 Å². The molecule has 3 heteroatoms. The van der Waals surface area contributed by atoms with Crippen LogP contribution in [0, 0.1) is 11.8 Å². The molecule has 19 heavy (non-hydrogen) atoms. The average Bonchev–Trinajstić information content (AvgIpc) is 3.08. The molecule has 1 amide bonds. The van der Waals surface area contributed by atoms with Gasteiger partial charge in [-0.2, -0.15) is 0 Å². The van der Waals surface area contributed by atoms with Crippen LogP contribution in [0.1, 0.15) is 65.2 Å². The van der Waals surface area contributed by atoms with E-state index in [2.05, 4.69) is 24.1 Å². The van der Waals surface area contributed by atoms with Gasteiger partial charge in [0.05, 0.1) is 11.7 Å². The third kappa shape index (κ3) is 2.31. The van der Waals surface area contributed by atoms with Crippen LogP contribution < -0.4 is 5.32 Å². The summed E-state index contributed by atoms with van der Waals surface area (Å²) in [7, 11) is 0. The molecule has 0 aromatic rings. The van der Waals surface area contributed by atoms with Crippen LogP contribution in [-0.4, -0.2) is 29.1 Å². The molecule has 3 nitrogen and oxygen atoms in total. The summed E-state index contributed by atoms with van der Waals surface area (Å²) in [4.78, 5) is 15.1. The fourth-order valence-electron chi connectivity index (χ4n) is 4.35. The van der Waals surface area contributed by atoms with Gasteiger partial charge in [0, 0.05) is 6.54 Å². The lowest BCUT2D eigenvalue weighted by Gasteiger charge is -2.29. The SMILES string of the molecule is CC(C)C1NC2(CCCC2)C(=O)N1CC1CCCC1. The Morgan fingerprint density at radius 1 is 1.21 bits per heavy atom. The first-order valence-corrected chi connectivity index (χ1v) is 8.21. The van der Waals surface area contributed by atoms with Gasteiger partial charge >= 0.3 is 0 Å². The van der Waals surface area contributed by atoms with E-state index in [1.54, 1.807) is 0 Å². The van der Waals surface area contributed by atoms with Gasteiger partial charge in [-0.15, -0.1) is 0 Å². The van der Waals surface area contributed by atoms with E-state index < -0.39 is 0 Å². The van der Waals surface area contributed by atoms with Crippen molar-refractivity contribution in [3.05, 3.63) is 0 Å². The molecule has 0 aromatic heterocycles. The predicted octanol–water partition coefficient (Wildman–Crippen LogP) is 2.90. The van der Waals surface area contributed by atoms with Gasteiger partial charge in [0.1, 0.15) is 0 Å². The second-order valence-electron chi connectivity index (χ2n) is 7.23. The Morgan fingerprint density at radius 2 is 1.84 bits per heavy atom. The molecule has 1 atom stereocenters. The number of nitrogens with one attached hydrogen (secondary N) is 1. The molecule has 1 spiro atoms. The molecule has 0 radical (unpaired) electrons. The van der Waals surface area contributed by atoms with Gasteiger partial charge < -0.3 is 4.90 Å². The highest BCUT2D eigenvalue weighted by molar-refractivity contribution is 5.89. The quantitative estimate of drug-likeness (QED) is 0.850. The zero-order valence-electron chi connectivity index (χ0n) is 12.5. The van der Waals surface area contributed by atoms with Crippen molar-refractivity contribution in [2.75, 3.05) is 6.54 Å². The minimum Gasteiger partial charge on any atom is -0.325 e. The molecule has 0 bridgehead atoms. The summed E-state index contributed by atoms with van der Waals surface area (Å²) in [5.41, 5.74) is -0.187. The van der Waals surface area contributed by atoms with Crippen molar-refractivity contribution in [1.29, 1.82) is 0 Å². The summed E-state index contributed by atoms with van der Waals surface area (Å²) in [6.07, 6.45) is 10.2. The minimum absolute atomic E-state index is 0.187. The van der Waals surface area contributed by atoms with Gasteiger partial charge in [-0.05, 0) is 37.5 Å². The highest BCUT2D eigenvalue weighted by atomic mass is 16.2. The Bertz CT molecular complexity index is 341. The molecule has 108 valence electrons. The average molecular weight is 264 g/mol. The van der Waals surface area contributed by atoms with E-state index in [4.69, 9.17) is 0 Å². The summed E-state index contributed by atoms with van der Waals surface area (Å²) in [6, 6.07) is 0. The zero-order chi connectivity index (χ0) is 13.5. The van der Waals surface area contributed by atoms with E-state index in [1.165, 1.54) is 38.5 Å². The maximum atomic E-state index is 12.9. The first kappa shape index (κ1) is 13.4. The van der Waals surface area contributed by atoms with Crippen LogP contribution in [-0.2, 0) is 4.79 Å². The predicted molar refractivity (Wildman–Crippen MR) is 76.6 cm³/mol. The summed E-state index contributed by atoms with van der Waals surface area (Å²) in [6.45, 7) is 5.47. The van der Waals surface area contributed by atoms with Crippen LogP contribution in [0.2, 0.25) is 0 Å². The second kappa shape index (κ2) is 5.08. The van der Waals surface area contributed by atoms with Crippen LogP contribution in [0.5, 0.6) is 0 Å². The Hall–Kier alpha value is -0.570. The van der Waals surface area contributed by atoms with Gasteiger partial charge in [-0.25, -0.2) is 0 Å². The van der Waals surface area contributed by atoms with Crippen molar-refractivity contribution in [2.45, 2.75) is 76.9 Å². The highest BCUT2D eigenvalue weighted by Crippen LogP contribution is 2.39. The van der Waals surface area contributed by atoms with Crippen LogP contribution in [0.4, 0.5) is 0 Å². The van der Waals surface area contributed by atoms with Gasteiger partial charge in [-0.1, -0.05) is 39.5 Å². The number of nitrogens with zero attached hydrogens (tertiary/aromatic N) is 1. The number of rotatable bonds is 3. The topological polar surface area (TPSA) is 32.3 Å². The Balaban J connectivity index is 1.76. The minimum atomic E-state index is -0.187. The normalized spacial score (nSPS) is 31.2. The monoisotopic (exact) mass is 264 g/mol. The number of amides is 1. The molecular weight excluding hydrogens is 236 g/mol. The fourth-order valence-corrected chi connectivity index (χ4v) is 4.35. The summed E-state index contributed by atoms with van der Waals surface area (Å²) >= 11 is 0. The standard InChI is InChI=1S/C16H28N2O/c1-12(2)14-17-16(9-5-6-10-16)15(19)18(14)11-13-7-3-4-8-13/h12-14,17H,3-11H2,1-2H3. The van der Waals surface area contributed by atoms with E-state index in [0.717, 1.165) is 25.3 Å². The van der Waals surface area contributed by atoms with E-state index in [9.17, 15) is 4.79 Å². The van der Waals surface area contributed by atoms with E-state index in [-0.39, 0.29) is 11.7 Å². The lowest BCUT2D eigenvalue weighted by molar-refractivity contribution is -0.134. The summed E-state index contributed by atoms with van der Waals surface area (Å²) in [5, 5.41) is 3.72. The third-order valence-electron chi connectivity index (χ3n) is 5.45. The molecule has 3 rings (SSSR count). The summed E-state index contributed by atoms with van der Waals surface area (Å²) in [5.74, 6) is 1.67. The molecule has 1 saturated heterocycles. The largest absolute Gasteiger partial charge is 0.325 e. The number of carbonyl (C=O) groups is 1. The molecule has 2 aliphatic carbocycles. The fraction of sp³-hybridized carbons (Fsp3) is 0.938. The van der Waals surface area contributed by atoms with Gasteiger partial charge in [0.15, 0.2) is 0 Å². The molecule has 1 N–H and O–H groups in total. The number of hydrogen-bond acceptors (Lipinski definition) is 2. The van der Waals surface area contributed by atoms with E-state index in [0.29, 0.717) is 11.8 Å². The maximum absolute atomic E-state index is 12.9. The van der Waals surface area contributed by atoms with Crippen LogP contribution >= 0.6 is 0 Å². The molecule has 1 unspecified atom stereocenters. The van der Waals surface area contributed by atoms with E-state index in [1.807, 2.05) is 0 Å². The van der Waals surface area contributed by atoms with Crippen molar-refractivity contribution in [3.8, 4) is 0 Å². The summed E-state index contributed by atoms with van der Waals surface area (Å²) < 4.78 is 0. The van der Waals surface area contributed by atoms with Crippen LogP contribution in [0.3, 0.4) is 0 Å². The lowest BCUT2D eigenvalue weighted by Crippen LogP contribution is -2.45. The molecular formula is C16H28N2O. The molecule has 0 aromatic carbocycles. The van der Waals surface area contributed by atoms with Crippen LogP contribution in [0.15, 0.2) is 0 Å².